The maximum atomic E-state index is 16.3. The highest BCUT2D eigenvalue weighted by Gasteiger charge is 2.54. The number of hydrogen-bond acceptors (Lipinski definition) is 9. The number of halogens is 2. The number of nitrogens with zero attached hydrogens (tertiary/aromatic N) is 5. The van der Waals surface area contributed by atoms with Crippen molar-refractivity contribution >= 4 is 27.5 Å². The number of hydrogen-bond donors (Lipinski definition) is 1. The lowest BCUT2D eigenvalue weighted by Crippen LogP contribution is -2.65. The van der Waals surface area contributed by atoms with Gasteiger partial charge in [0.25, 0.3) is 0 Å². The van der Waals surface area contributed by atoms with Crippen LogP contribution in [0.25, 0.3) is 0 Å². The van der Waals surface area contributed by atoms with Crippen LogP contribution < -0.4 is 10.2 Å². The second kappa shape index (κ2) is 16.9. The minimum atomic E-state index is -3.58. The quantitative estimate of drug-likeness (QED) is 0.278. The van der Waals surface area contributed by atoms with Crippen molar-refractivity contribution in [3.63, 3.8) is 0 Å². The summed E-state index contributed by atoms with van der Waals surface area (Å²) >= 11 is 0. The van der Waals surface area contributed by atoms with Gasteiger partial charge in [0, 0.05) is 49.7 Å². The number of sulfone groups is 1. The molecule has 0 spiro atoms. The standard InChI is InChI=1S/C42H60F2N6O5S/c1-46(2)19-6-12-39(51)49-25-36(26-49)56(53,54)35-15-13-34(14-16-35)50-28-41(44,29-50)27-48-22-17-31(18-23-48)42(30-47-20-7-21-47,32-8-4-9-33(43)24-32)37-10-5-11-38(37)45-40(52)55-3/h4,8-9,13-16,24,31,36-38H,5-7,10-12,17-23,25-30H2,1-3H3,(H,45,52)/t37-,38-,42?/m0/s1. The number of rotatable bonds is 15. The normalized spacial score (nSPS) is 24.6. The number of alkyl halides is 1. The summed E-state index contributed by atoms with van der Waals surface area (Å²) in [4.78, 5) is 35.5. The summed E-state index contributed by atoms with van der Waals surface area (Å²) in [6, 6.07) is 13.8. The highest BCUT2D eigenvalue weighted by molar-refractivity contribution is 7.92. The van der Waals surface area contributed by atoms with Crippen LogP contribution in [0.3, 0.4) is 0 Å². The molecule has 0 aromatic heterocycles. The molecule has 3 atom stereocenters. The lowest BCUT2D eigenvalue weighted by atomic mass is 9.57. The molecule has 5 aliphatic rings. The van der Waals surface area contributed by atoms with Gasteiger partial charge in [0.1, 0.15) is 11.1 Å². The zero-order chi connectivity index (χ0) is 39.7. The van der Waals surface area contributed by atoms with E-state index >= 15 is 8.78 Å². The van der Waals surface area contributed by atoms with Crippen molar-refractivity contribution in [1.82, 2.24) is 24.9 Å². The maximum Gasteiger partial charge on any atom is 0.407 e. The fourth-order valence-corrected chi connectivity index (χ4v) is 11.9. The van der Waals surface area contributed by atoms with Gasteiger partial charge in [-0.25, -0.2) is 22.0 Å². The summed E-state index contributed by atoms with van der Waals surface area (Å²) in [5.41, 5.74) is 0.0281. The molecular formula is C42H60F2N6O5S. The van der Waals surface area contributed by atoms with Gasteiger partial charge in [0.05, 0.1) is 25.1 Å². The number of carbonyl (C=O) groups excluding carboxylic acids is 2. The van der Waals surface area contributed by atoms with E-state index in [2.05, 4.69) is 21.2 Å². The molecule has 1 aliphatic carbocycles. The number of likely N-dealkylation sites (tertiary alicyclic amines) is 3. The van der Waals surface area contributed by atoms with Crippen LogP contribution in [0.2, 0.25) is 0 Å². The van der Waals surface area contributed by atoms with E-state index in [-0.39, 0.29) is 66.1 Å². The van der Waals surface area contributed by atoms with Crippen molar-refractivity contribution in [2.24, 2.45) is 11.8 Å². The Labute approximate surface area is 331 Å². The van der Waals surface area contributed by atoms with E-state index in [1.54, 1.807) is 35.2 Å². The molecule has 1 saturated carbocycles. The van der Waals surface area contributed by atoms with E-state index in [1.165, 1.54) is 13.2 Å². The molecule has 2 amide bonds. The number of anilines is 1. The molecule has 0 radical (unpaired) electrons. The van der Waals surface area contributed by atoms with Gasteiger partial charge in [0.2, 0.25) is 5.91 Å². The van der Waals surface area contributed by atoms with E-state index in [1.807, 2.05) is 30.0 Å². The van der Waals surface area contributed by atoms with Crippen molar-refractivity contribution in [3.8, 4) is 0 Å². The second-order valence-electron chi connectivity index (χ2n) is 17.4. The fourth-order valence-electron chi connectivity index (χ4n) is 10.2. The summed E-state index contributed by atoms with van der Waals surface area (Å²) in [6.07, 6.45) is 6.35. The number of benzene rings is 2. The van der Waals surface area contributed by atoms with E-state index in [4.69, 9.17) is 4.74 Å². The predicted molar refractivity (Wildman–Crippen MR) is 213 cm³/mol. The average Bonchev–Trinajstić information content (AvgIpc) is 3.58. The Kier molecular flexibility index (Phi) is 12.3. The zero-order valence-corrected chi connectivity index (χ0v) is 34.1. The lowest BCUT2D eigenvalue weighted by molar-refractivity contribution is -0.134. The van der Waals surface area contributed by atoms with Crippen LogP contribution in [0, 0.1) is 17.7 Å². The van der Waals surface area contributed by atoms with Gasteiger partial charge in [-0.2, -0.15) is 0 Å². The SMILES string of the molecule is COC(=O)N[C@H]1CCC[C@@H]1C(CN1CCC1)(c1cccc(F)c1)C1CCN(CC2(F)CN(c3ccc(S(=O)(=O)C4CN(C(=O)CCCN(C)C)C4)cc3)C2)CC1. The molecule has 4 heterocycles. The van der Waals surface area contributed by atoms with Gasteiger partial charge in [-0.1, -0.05) is 18.6 Å². The van der Waals surface area contributed by atoms with Gasteiger partial charge in [-0.15, -0.1) is 0 Å². The van der Waals surface area contributed by atoms with Crippen molar-refractivity contribution in [2.45, 2.75) is 78.6 Å². The highest BCUT2D eigenvalue weighted by atomic mass is 32.2. The Morgan fingerprint density at radius 2 is 1.68 bits per heavy atom. The lowest BCUT2D eigenvalue weighted by Gasteiger charge is -2.54. The molecule has 56 heavy (non-hydrogen) atoms. The molecule has 7 rings (SSSR count). The van der Waals surface area contributed by atoms with Crippen LogP contribution >= 0.6 is 0 Å². The van der Waals surface area contributed by atoms with Crippen LogP contribution in [0.15, 0.2) is 53.4 Å². The van der Waals surface area contributed by atoms with Crippen molar-refractivity contribution < 1.29 is 31.5 Å². The van der Waals surface area contributed by atoms with Gasteiger partial charge < -0.3 is 29.7 Å². The number of piperidine rings is 1. The smallest absolute Gasteiger partial charge is 0.407 e. The number of methoxy groups -OCH3 is 1. The van der Waals surface area contributed by atoms with E-state index in [0.717, 1.165) is 95.5 Å². The van der Waals surface area contributed by atoms with Crippen LogP contribution in [-0.2, 0) is 24.8 Å². The first-order valence-corrected chi connectivity index (χ1v) is 22.1. The Bertz CT molecular complexity index is 1790. The first-order valence-electron chi connectivity index (χ1n) is 20.6. The van der Waals surface area contributed by atoms with Crippen LogP contribution in [0.5, 0.6) is 0 Å². The second-order valence-corrected chi connectivity index (χ2v) is 19.6. The predicted octanol–water partition coefficient (Wildman–Crippen LogP) is 4.56. The zero-order valence-electron chi connectivity index (χ0n) is 33.3. The third kappa shape index (κ3) is 8.59. The number of nitrogens with one attached hydrogen (secondary N) is 1. The first-order chi connectivity index (χ1) is 26.8. The minimum absolute atomic E-state index is 0.00290. The van der Waals surface area contributed by atoms with E-state index < -0.39 is 26.8 Å². The summed E-state index contributed by atoms with van der Waals surface area (Å²) in [5, 5.41) is 2.53. The van der Waals surface area contributed by atoms with Crippen LogP contribution in [0.4, 0.5) is 19.3 Å². The number of carbonyl (C=O) groups is 2. The molecule has 2 aromatic rings. The Balaban J connectivity index is 0.958. The fraction of sp³-hybridized carbons (Fsp3) is 0.667. The molecule has 5 fully saturated rings. The Hall–Kier alpha value is -3.33. The first kappa shape index (κ1) is 40.9. The van der Waals surface area contributed by atoms with E-state index in [9.17, 15) is 18.0 Å². The molecule has 1 unspecified atom stereocenters. The third-order valence-electron chi connectivity index (χ3n) is 13.4. The van der Waals surface area contributed by atoms with E-state index in [0.29, 0.717) is 13.0 Å². The molecule has 4 saturated heterocycles. The topological polar surface area (TPSA) is 106 Å². The number of amides is 2. The maximum absolute atomic E-state index is 16.3. The van der Waals surface area contributed by atoms with Gasteiger partial charge in [0.15, 0.2) is 15.5 Å². The summed E-state index contributed by atoms with van der Waals surface area (Å²) in [7, 11) is 1.73. The monoisotopic (exact) mass is 798 g/mol. The van der Waals surface area contributed by atoms with Crippen molar-refractivity contribution in [1.29, 1.82) is 0 Å². The third-order valence-corrected chi connectivity index (χ3v) is 15.5. The molecule has 308 valence electrons. The summed E-state index contributed by atoms with van der Waals surface area (Å²) < 4.78 is 62.9. The average molecular weight is 799 g/mol. The summed E-state index contributed by atoms with van der Waals surface area (Å²) in [5.74, 6) is 0.0891. The minimum Gasteiger partial charge on any atom is -0.453 e. The van der Waals surface area contributed by atoms with Crippen LogP contribution in [-0.4, -0.2) is 150 Å². The molecule has 0 bridgehead atoms. The molecule has 14 heteroatoms. The molecule has 2 aromatic carbocycles. The van der Waals surface area contributed by atoms with Gasteiger partial charge in [-0.3, -0.25) is 9.69 Å². The Morgan fingerprint density at radius 1 is 0.964 bits per heavy atom. The summed E-state index contributed by atoms with van der Waals surface area (Å²) in [6.45, 7) is 6.35. The highest BCUT2D eigenvalue weighted by Crippen LogP contribution is 2.51. The largest absolute Gasteiger partial charge is 0.453 e. The van der Waals surface area contributed by atoms with Crippen LogP contribution in [0.1, 0.15) is 56.9 Å². The molecular weight excluding hydrogens is 739 g/mol. The van der Waals surface area contributed by atoms with Gasteiger partial charge in [-0.05, 0) is 139 Å². The van der Waals surface area contributed by atoms with Gasteiger partial charge >= 0.3 is 6.09 Å². The number of alkyl carbamates (subject to hydrolysis) is 1. The molecule has 1 N–H and O–H groups in total. The molecule has 4 aliphatic heterocycles. The molecule has 11 nitrogen and oxygen atoms in total. The van der Waals surface area contributed by atoms with Crippen molar-refractivity contribution in [3.05, 3.63) is 59.9 Å². The Morgan fingerprint density at radius 3 is 2.30 bits per heavy atom. The number of ether oxygens (including phenoxy) is 1. The van der Waals surface area contributed by atoms with Crippen molar-refractivity contribution in [2.75, 3.05) is 98.1 Å².